The van der Waals surface area contributed by atoms with Gasteiger partial charge in [-0.15, -0.1) is 0 Å². The Kier molecular flexibility index (Phi) is 4.79. The molecule has 0 saturated heterocycles. The topological polar surface area (TPSA) is 82.1 Å². The maximum absolute atomic E-state index is 13.0. The maximum Gasteiger partial charge on any atom is 0.415 e. The fourth-order valence-electron chi connectivity index (χ4n) is 3.41. The smallest absolute Gasteiger partial charge is 0.415 e. The van der Waals surface area contributed by atoms with Crippen LogP contribution in [0.2, 0.25) is 0 Å². The second-order valence-corrected chi connectivity index (χ2v) is 7.51. The molecule has 0 aromatic heterocycles. The molecule has 0 spiro atoms. The number of carbonyl (C=O) groups excluding carboxylic acids is 3. The van der Waals surface area contributed by atoms with Gasteiger partial charge in [0, 0.05) is 0 Å². The molecule has 0 unspecified atom stereocenters. The fraction of sp³-hybridized carbons (Fsp3) is 0.526. The Hall–Kier alpha value is -2.57. The van der Waals surface area contributed by atoms with Gasteiger partial charge in [0.25, 0.3) is 0 Å². The quantitative estimate of drug-likeness (QED) is 0.594. The van der Waals surface area contributed by atoms with Gasteiger partial charge in [0.1, 0.15) is 11.0 Å². The zero-order chi connectivity index (χ0) is 19.9. The van der Waals surface area contributed by atoms with Crippen LogP contribution in [0.5, 0.6) is 0 Å². The van der Waals surface area contributed by atoms with Crippen LogP contribution in [-0.4, -0.2) is 43.4 Å². The molecule has 142 valence electrons. The molecule has 0 fully saturated rings. The van der Waals surface area contributed by atoms with Crippen LogP contribution in [0.1, 0.15) is 40.2 Å². The highest BCUT2D eigenvalue weighted by Crippen LogP contribution is 2.53. The molecule has 1 aromatic carbocycles. The molecule has 0 N–H and O–H groups in total. The summed E-state index contributed by atoms with van der Waals surface area (Å²) in [6.07, 6.45) is -0.745. The minimum absolute atomic E-state index is 0.405. The van der Waals surface area contributed by atoms with Crippen LogP contribution in [0.25, 0.3) is 0 Å². The molecule has 1 aliphatic rings. The molecule has 2 rings (SSSR count). The van der Waals surface area contributed by atoms with E-state index in [1.54, 1.807) is 52.0 Å². The van der Waals surface area contributed by atoms with Gasteiger partial charge in [0.15, 0.2) is 5.54 Å². The van der Waals surface area contributed by atoms with Crippen molar-refractivity contribution >= 4 is 23.7 Å². The minimum Gasteiger partial charge on any atom is -0.468 e. The monoisotopic (exact) mass is 363 g/mol. The molecule has 1 amide bonds. The number of amides is 1. The van der Waals surface area contributed by atoms with Crippen molar-refractivity contribution < 1.29 is 28.6 Å². The number of hydrogen-bond acceptors (Lipinski definition) is 6. The van der Waals surface area contributed by atoms with Gasteiger partial charge in [-0.05, 0) is 46.2 Å². The van der Waals surface area contributed by atoms with E-state index < -0.39 is 34.6 Å². The van der Waals surface area contributed by atoms with Gasteiger partial charge in [-0.25, -0.2) is 9.59 Å². The standard InChI is InChI=1S/C19H25NO6/c1-17(2,3)26-16(23)20-13-11-9-8-10-12(13)18(4,14(21)24-6)19(20,5)15(22)25-7/h8-11H,1-7H3/t18-,19-/m1/s1. The SMILES string of the molecule is COC(=O)[C@@]1(C)c2ccccc2N(C(=O)OC(C)(C)C)[C@]1(C)C(=O)OC. The lowest BCUT2D eigenvalue weighted by Crippen LogP contribution is -2.65. The van der Waals surface area contributed by atoms with Crippen molar-refractivity contribution in [2.45, 2.75) is 51.2 Å². The first-order valence-electron chi connectivity index (χ1n) is 8.24. The lowest BCUT2D eigenvalue weighted by molar-refractivity contribution is -0.159. The van der Waals surface area contributed by atoms with E-state index in [4.69, 9.17) is 14.2 Å². The summed E-state index contributed by atoms with van der Waals surface area (Å²) in [7, 11) is 2.45. The van der Waals surface area contributed by atoms with Crippen molar-refractivity contribution in [3.63, 3.8) is 0 Å². The average molecular weight is 363 g/mol. The van der Waals surface area contributed by atoms with E-state index in [0.29, 0.717) is 11.3 Å². The average Bonchev–Trinajstić information content (AvgIpc) is 2.78. The number of carbonyl (C=O) groups is 3. The summed E-state index contributed by atoms with van der Waals surface area (Å²) in [5.74, 6) is -1.39. The molecule has 1 aliphatic heterocycles. The third kappa shape index (κ3) is 2.62. The van der Waals surface area contributed by atoms with E-state index in [1.165, 1.54) is 26.0 Å². The molecule has 2 atom stereocenters. The van der Waals surface area contributed by atoms with E-state index in [9.17, 15) is 14.4 Å². The predicted molar refractivity (Wildman–Crippen MR) is 94.9 cm³/mol. The van der Waals surface area contributed by atoms with Crippen LogP contribution in [-0.2, 0) is 29.2 Å². The Morgan fingerprint density at radius 3 is 2.00 bits per heavy atom. The largest absolute Gasteiger partial charge is 0.468 e. The zero-order valence-electron chi connectivity index (χ0n) is 16.2. The Morgan fingerprint density at radius 2 is 1.50 bits per heavy atom. The molecule has 7 heteroatoms. The van der Waals surface area contributed by atoms with Crippen LogP contribution < -0.4 is 4.90 Å². The highest BCUT2D eigenvalue weighted by molar-refractivity contribution is 6.10. The number of para-hydroxylation sites is 1. The molecule has 0 bridgehead atoms. The predicted octanol–water partition coefficient (Wildman–Crippen LogP) is 2.80. The van der Waals surface area contributed by atoms with Crippen LogP contribution in [0.4, 0.5) is 10.5 Å². The summed E-state index contributed by atoms with van der Waals surface area (Å²) in [5.41, 5.74) is -3.04. The van der Waals surface area contributed by atoms with Crippen LogP contribution in [0.15, 0.2) is 24.3 Å². The van der Waals surface area contributed by atoms with E-state index >= 15 is 0 Å². The number of anilines is 1. The Labute approximate surface area is 153 Å². The summed E-state index contributed by atoms with van der Waals surface area (Å²) in [4.78, 5) is 39.8. The number of ether oxygens (including phenoxy) is 3. The summed E-state index contributed by atoms with van der Waals surface area (Å²) >= 11 is 0. The second kappa shape index (κ2) is 6.30. The van der Waals surface area contributed by atoms with E-state index in [-0.39, 0.29) is 0 Å². The van der Waals surface area contributed by atoms with E-state index in [1.807, 2.05) is 0 Å². The Morgan fingerprint density at radius 1 is 0.962 bits per heavy atom. The van der Waals surface area contributed by atoms with E-state index in [0.717, 1.165) is 0 Å². The third-order valence-corrected chi connectivity index (χ3v) is 4.86. The van der Waals surface area contributed by atoms with Crippen LogP contribution in [0, 0.1) is 0 Å². The molecular formula is C19H25NO6. The van der Waals surface area contributed by atoms with Gasteiger partial charge in [0.05, 0.1) is 19.9 Å². The molecule has 26 heavy (non-hydrogen) atoms. The molecular weight excluding hydrogens is 338 g/mol. The zero-order valence-corrected chi connectivity index (χ0v) is 16.2. The maximum atomic E-state index is 13.0. The van der Waals surface area contributed by atoms with Gasteiger partial charge in [-0.1, -0.05) is 18.2 Å². The normalized spacial score (nSPS) is 24.7. The van der Waals surface area contributed by atoms with Crippen molar-refractivity contribution in [3.8, 4) is 0 Å². The number of rotatable bonds is 2. The number of benzene rings is 1. The highest BCUT2D eigenvalue weighted by Gasteiger charge is 2.68. The first kappa shape index (κ1) is 19.8. The Balaban J connectivity index is 2.79. The van der Waals surface area contributed by atoms with Gasteiger partial charge in [-0.3, -0.25) is 9.69 Å². The number of fused-ring (bicyclic) bond motifs is 1. The first-order chi connectivity index (χ1) is 11.9. The van der Waals surface area contributed by atoms with Gasteiger partial charge >= 0.3 is 18.0 Å². The number of hydrogen-bond donors (Lipinski definition) is 0. The molecule has 0 radical (unpaired) electrons. The van der Waals surface area contributed by atoms with Crippen molar-refractivity contribution in [2.75, 3.05) is 19.1 Å². The van der Waals surface area contributed by atoms with Gasteiger partial charge in [0.2, 0.25) is 0 Å². The lowest BCUT2D eigenvalue weighted by Gasteiger charge is -2.41. The summed E-state index contributed by atoms with van der Waals surface area (Å²) in [6.45, 7) is 8.23. The van der Waals surface area contributed by atoms with Gasteiger partial charge < -0.3 is 14.2 Å². The third-order valence-electron chi connectivity index (χ3n) is 4.86. The van der Waals surface area contributed by atoms with E-state index in [2.05, 4.69) is 0 Å². The van der Waals surface area contributed by atoms with Crippen molar-refractivity contribution in [3.05, 3.63) is 29.8 Å². The molecule has 1 heterocycles. The van der Waals surface area contributed by atoms with Crippen molar-refractivity contribution in [2.24, 2.45) is 0 Å². The molecule has 7 nitrogen and oxygen atoms in total. The fourth-order valence-corrected chi connectivity index (χ4v) is 3.41. The van der Waals surface area contributed by atoms with Crippen molar-refractivity contribution in [1.29, 1.82) is 0 Å². The Bertz CT molecular complexity index is 753. The molecule has 0 aliphatic carbocycles. The van der Waals surface area contributed by atoms with Gasteiger partial charge in [-0.2, -0.15) is 0 Å². The summed E-state index contributed by atoms with van der Waals surface area (Å²) in [5, 5.41) is 0. The van der Waals surface area contributed by atoms with Crippen LogP contribution in [0.3, 0.4) is 0 Å². The highest BCUT2D eigenvalue weighted by atomic mass is 16.6. The number of methoxy groups -OCH3 is 2. The lowest BCUT2D eigenvalue weighted by atomic mass is 9.69. The van der Waals surface area contributed by atoms with Crippen molar-refractivity contribution in [1.82, 2.24) is 0 Å². The minimum atomic E-state index is -1.68. The summed E-state index contributed by atoms with van der Waals surface area (Å²) < 4.78 is 15.5. The molecule has 0 saturated carbocycles. The number of esters is 2. The first-order valence-corrected chi connectivity index (χ1v) is 8.24. The van der Waals surface area contributed by atoms with Crippen LogP contribution >= 0.6 is 0 Å². The molecule has 1 aromatic rings. The number of nitrogens with zero attached hydrogens (tertiary/aromatic N) is 1. The second-order valence-electron chi connectivity index (χ2n) is 7.51. The summed E-state index contributed by atoms with van der Waals surface area (Å²) in [6, 6.07) is 6.81.